The second kappa shape index (κ2) is 3.93. The van der Waals surface area contributed by atoms with Crippen molar-refractivity contribution in [3.05, 3.63) is 35.9 Å². The molecule has 0 radical (unpaired) electrons. The van der Waals surface area contributed by atoms with Crippen molar-refractivity contribution in [3.8, 4) is 0 Å². The first-order valence-corrected chi connectivity index (χ1v) is 5.05. The Balaban J connectivity index is 1.75. The van der Waals surface area contributed by atoms with Crippen molar-refractivity contribution in [2.75, 3.05) is 6.61 Å². The van der Waals surface area contributed by atoms with E-state index >= 15 is 0 Å². The maximum absolute atomic E-state index is 8.87. The third-order valence-corrected chi connectivity index (χ3v) is 2.95. The standard InChI is InChI=1S/C12H16O/c13-9-12-8-11(12)7-6-10-4-2-1-3-5-10/h1-5,11-13H,6-9H2/t11-,12-/m0/s1. The predicted molar refractivity (Wildman–Crippen MR) is 53.4 cm³/mol. The number of benzene rings is 1. The van der Waals surface area contributed by atoms with Gasteiger partial charge in [0.25, 0.3) is 0 Å². The minimum absolute atomic E-state index is 0.388. The molecule has 1 nitrogen and oxygen atoms in total. The zero-order chi connectivity index (χ0) is 9.10. The van der Waals surface area contributed by atoms with E-state index in [1.165, 1.54) is 24.8 Å². The Morgan fingerprint density at radius 1 is 1.15 bits per heavy atom. The maximum Gasteiger partial charge on any atom is 0.0462 e. The number of hydrogen-bond donors (Lipinski definition) is 1. The zero-order valence-electron chi connectivity index (χ0n) is 7.82. The molecule has 1 aliphatic rings. The van der Waals surface area contributed by atoms with Gasteiger partial charge in [0, 0.05) is 6.61 Å². The molecule has 2 atom stereocenters. The van der Waals surface area contributed by atoms with Crippen LogP contribution < -0.4 is 0 Å². The minimum atomic E-state index is 0.388. The molecule has 1 saturated carbocycles. The first-order valence-electron chi connectivity index (χ1n) is 5.05. The summed E-state index contributed by atoms with van der Waals surface area (Å²) < 4.78 is 0. The molecule has 0 aliphatic heterocycles. The molecule has 0 heterocycles. The average Bonchev–Trinajstić information content (AvgIpc) is 2.95. The van der Waals surface area contributed by atoms with Crippen molar-refractivity contribution < 1.29 is 5.11 Å². The van der Waals surface area contributed by atoms with Gasteiger partial charge in [0.2, 0.25) is 0 Å². The molecule has 1 aromatic rings. The van der Waals surface area contributed by atoms with Crippen molar-refractivity contribution in [3.63, 3.8) is 0 Å². The first-order chi connectivity index (χ1) is 6.40. The number of aliphatic hydroxyl groups excluding tert-OH is 1. The van der Waals surface area contributed by atoms with Crippen molar-refractivity contribution in [1.29, 1.82) is 0 Å². The van der Waals surface area contributed by atoms with Crippen LogP contribution in [0.25, 0.3) is 0 Å². The zero-order valence-corrected chi connectivity index (χ0v) is 7.82. The van der Waals surface area contributed by atoms with Gasteiger partial charge in [-0.25, -0.2) is 0 Å². The summed E-state index contributed by atoms with van der Waals surface area (Å²) in [6.45, 7) is 0.388. The summed E-state index contributed by atoms with van der Waals surface area (Å²) in [4.78, 5) is 0. The van der Waals surface area contributed by atoms with Gasteiger partial charge in [-0.3, -0.25) is 0 Å². The molecule has 1 fully saturated rings. The second-order valence-electron chi connectivity index (χ2n) is 3.96. The normalized spacial score (nSPS) is 25.9. The first kappa shape index (κ1) is 8.76. The molecule has 1 heteroatoms. The number of aryl methyl sites for hydroxylation is 1. The minimum Gasteiger partial charge on any atom is -0.396 e. The summed E-state index contributed by atoms with van der Waals surface area (Å²) >= 11 is 0. The Morgan fingerprint density at radius 2 is 1.92 bits per heavy atom. The highest BCUT2D eigenvalue weighted by atomic mass is 16.3. The van der Waals surface area contributed by atoms with Crippen LogP contribution in [0.2, 0.25) is 0 Å². The van der Waals surface area contributed by atoms with Crippen LogP contribution >= 0.6 is 0 Å². The summed E-state index contributed by atoms with van der Waals surface area (Å²) in [5, 5.41) is 8.87. The van der Waals surface area contributed by atoms with Gasteiger partial charge in [-0.05, 0) is 36.7 Å². The molecule has 0 spiro atoms. The SMILES string of the molecule is OC[C@@H]1C[C@@H]1CCc1ccccc1. The van der Waals surface area contributed by atoms with Crippen molar-refractivity contribution in [2.45, 2.75) is 19.3 Å². The van der Waals surface area contributed by atoms with E-state index in [9.17, 15) is 0 Å². The summed E-state index contributed by atoms with van der Waals surface area (Å²) in [5.74, 6) is 1.41. The van der Waals surface area contributed by atoms with Crippen LogP contribution in [0.1, 0.15) is 18.4 Å². The topological polar surface area (TPSA) is 20.2 Å². The Bertz CT molecular complexity index is 255. The second-order valence-corrected chi connectivity index (χ2v) is 3.96. The van der Waals surface area contributed by atoms with Gasteiger partial charge < -0.3 is 5.11 Å². The molecule has 0 saturated heterocycles. The third kappa shape index (κ3) is 2.31. The van der Waals surface area contributed by atoms with Gasteiger partial charge in [0.1, 0.15) is 0 Å². The van der Waals surface area contributed by atoms with E-state index in [1.807, 2.05) is 0 Å². The van der Waals surface area contributed by atoms with E-state index < -0.39 is 0 Å². The molecule has 1 aromatic carbocycles. The summed E-state index contributed by atoms with van der Waals surface area (Å²) in [7, 11) is 0. The van der Waals surface area contributed by atoms with Crippen molar-refractivity contribution >= 4 is 0 Å². The lowest BCUT2D eigenvalue weighted by Crippen LogP contribution is -1.91. The molecular weight excluding hydrogens is 160 g/mol. The van der Waals surface area contributed by atoms with E-state index in [4.69, 9.17) is 5.11 Å². The fourth-order valence-electron chi connectivity index (χ4n) is 1.88. The van der Waals surface area contributed by atoms with Crippen molar-refractivity contribution in [1.82, 2.24) is 0 Å². The monoisotopic (exact) mass is 176 g/mol. The summed E-state index contributed by atoms with van der Waals surface area (Å²) in [5.41, 5.74) is 1.42. The molecule has 0 unspecified atom stereocenters. The number of rotatable bonds is 4. The Morgan fingerprint density at radius 3 is 2.54 bits per heavy atom. The predicted octanol–water partition coefficient (Wildman–Crippen LogP) is 2.25. The molecule has 1 aliphatic carbocycles. The van der Waals surface area contributed by atoms with Gasteiger partial charge in [-0.1, -0.05) is 30.3 Å². The van der Waals surface area contributed by atoms with E-state index in [2.05, 4.69) is 30.3 Å². The van der Waals surface area contributed by atoms with E-state index in [0.29, 0.717) is 12.5 Å². The van der Waals surface area contributed by atoms with E-state index in [-0.39, 0.29) is 0 Å². The highest BCUT2D eigenvalue weighted by Gasteiger charge is 2.35. The van der Waals surface area contributed by atoms with Crippen LogP contribution in [0.4, 0.5) is 0 Å². The fourth-order valence-corrected chi connectivity index (χ4v) is 1.88. The molecule has 2 rings (SSSR count). The highest BCUT2D eigenvalue weighted by molar-refractivity contribution is 5.15. The lowest BCUT2D eigenvalue weighted by molar-refractivity contribution is 0.267. The van der Waals surface area contributed by atoms with Gasteiger partial charge >= 0.3 is 0 Å². The van der Waals surface area contributed by atoms with Crippen LogP contribution in [0, 0.1) is 11.8 Å². The lowest BCUT2D eigenvalue weighted by atomic mass is 10.1. The highest BCUT2D eigenvalue weighted by Crippen LogP contribution is 2.41. The smallest absolute Gasteiger partial charge is 0.0462 e. The van der Waals surface area contributed by atoms with Crippen LogP contribution in [-0.4, -0.2) is 11.7 Å². The largest absolute Gasteiger partial charge is 0.396 e. The van der Waals surface area contributed by atoms with Crippen LogP contribution in [0.3, 0.4) is 0 Å². The van der Waals surface area contributed by atoms with Gasteiger partial charge in [-0.15, -0.1) is 0 Å². The molecule has 13 heavy (non-hydrogen) atoms. The molecule has 0 amide bonds. The Labute approximate surface area is 79.4 Å². The third-order valence-electron chi connectivity index (χ3n) is 2.95. The van der Waals surface area contributed by atoms with E-state index in [0.717, 1.165) is 5.92 Å². The summed E-state index contributed by atoms with van der Waals surface area (Å²) in [6, 6.07) is 10.6. The maximum atomic E-state index is 8.87. The van der Waals surface area contributed by atoms with Crippen LogP contribution in [0.15, 0.2) is 30.3 Å². The lowest BCUT2D eigenvalue weighted by Gasteiger charge is -1.99. The van der Waals surface area contributed by atoms with Crippen molar-refractivity contribution in [2.24, 2.45) is 11.8 Å². The molecule has 0 bridgehead atoms. The van der Waals surface area contributed by atoms with Gasteiger partial charge in [0.15, 0.2) is 0 Å². The van der Waals surface area contributed by atoms with Crippen LogP contribution in [-0.2, 0) is 6.42 Å². The molecule has 0 aromatic heterocycles. The Kier molecular flexibility index (Phi) is 2.65. The fraction of sp³-hybridized carbons (Fsp3) is 0.500. The molecule has 70 valence electrons. The molecule has 1 N–H and O–H groups in total. The summed E-state index contributed by atoms with van der Waals surface area (Å²) in [6.07, 6.45) is 3.65. The van der Waals surface area contributed by atoms with E-state index in [1.54, 1.807) is 0 Å². The van der Waals surface area contributed by atoms with Gasteiger partial charge in [0.05, 0.1) is 0 Å². The Hall–Kier alpha value is -0.820. The number of aliphatic hydroxyl groups is 1. The number of hydrogen-bond acceptors (Lipinski definition) is 1. The average molecular weight is 176 g/mol. The van der Waals surface area contributed by atoms with Crippen LogP contribution in [0.5, 0.6) is 0 Å². The van der Waals surface area contributed by atoms with Gasteiger partial charge in [-0.2, -0.15) is 0 Å². The quantitative estimate of drug-likeness (QED) is 0.746. The molecular formula is C12H16O.